The summed E-state index contributed by atoms with van der Waals surface area (Å²) >= 11 is 0. The van der Waals surface area contributed by atoms with Gasteiger partial charge in [-0.2, -0.15) is 0 Å². The summed E-state index contributed by atoms with van der Waals surface area (Å²) in [6.07, 6.45) is -0.879. The zero-order valence-electron chi connectivity index (χ0n) is 8.59. The predicted molar refractivity (Wildman–Crippen MR) is 55.7 cm³/mol. The zero-order valence-corrected chi connectivity index (χ0v) is 8.59. The minimum absolute atomic E-state index is 0.330. The molecule has 0 fully saturated rings. The molecule has 0 heterocycles. The van der Waals surface area contributed by atoms with E-state index in [2.05, 4.69) is 0 Å². The summed E-state index contributed by atoms with van der Waals surface area (Å²) in [5, 5.41) is 19.3. The van der Waals surface area contributed by atoms with Crippen molar-refractivity contribution in [3.63, 3.8) is 0 Å². The standard InChI is InChI=1S/C11H17NO2/c1-12(2)11(14)8-10(13)9-6-4-3-5-7-9/h3-7,10-11,13-14H,8H2,1-2H3. The van der Waals surface area contributed by atoms with Crippen molar-refractivity contribution in [1.82, 2.24) is 4.90 Å². The molecular formula is C11H17NO2. The van der Waals surface area contributed by atoms with Crippen molar-refractivity contribution in [2.75, 3.05) is 14.1 Å². The number of rotatable bonds is 4. The molecule has 0 saturated carbocycles. The molecule has 3 nitrogen and oxygen atoms in total. The second-order valence-corrected chi connectivity index (χ2v) is 3.61. The van der Waals surface area contributed by atoms with Crippen LogP contribution in [0.4, 0.5) is 0 Å². The van der Waals surface area contributed by atoms with Crippen molar-refractivity contribution in [2.45, 2.75) is 18.8 Å². The highest BCUT2D eigenvalue weighted by molar-refractivity contribution is 5.17. The summed E-state index contributed by atoms with van der Waals surface area (Å²) in [7, 11) is 3.56. The van der Waals surface area contributed by atoms with Crippen LogP contribution in [0.1, 0.15) is 18.1 Å². The molecule has 0 aliphatic rings. The molecule has 2 N–H and O–H groups in total. The summed E-state index contributed by atoms with van der Waals surface area (Å²) < 4.78 is 0. The van der Waals surface area contributed by atoms with Crippen molar-refractivity contribution in [3.05, 3.63) is 35.9 Å². The number of nitrogens with zero attached hydrogens (tertiary/aromatic N) is 1. The van der Waals surface area contributed by atoms with E-state index in [4.69, 9.17) is 0 Å². The lowest BCUT2D eigenvalue weighted by Gasteiger charge is -2.21. The maximum atomic E-state index is 9.75. The molecule has 2 unspecified atom stereocenters. The third-order valence-electron chi connectivity index (χ3n) is 2.21. The third kappa shape index (κ3) is 3.10. The van der Waals surface area contributed by atoms with Crippen molar-refractivity contribution in [2.24, 2.45) is 0 Å². The van der Waals surface area contributed by atoms with Crippen LogP contribution in [0.2, 0.25) is 0 Å². The van der Waals surface area contributed by atoms with Gasteiger partial charge in [-0.1, -0.05) is 30.3 Å². The van der Waals surface area contributed by atoms with Gasteiger partial charge in [0.25, 0.3) is 0 Å². The van der Waals surface area contributed by atoms with E-state index in [1.807, 2.05) is 30.3 Å². The van der Waals surface area contributed by atoms with Gasteiger partial charge in [0.15, 0.2) is 0 Å². The van der Waals surface area contributed by atoms with Crippen molar-refractivity contribution in [3.8, 4) is 0 Å². The molecule has 0 saturated heterocycles. The fourth-order valence-corrected chi connectivity index (χ4v) is 1.22. The molecule has 0 amide bonds. The first-order chi connectivity index (χ1) is 6.61. The maximum absolute atomic E-state index is 9.75. The molecule has 1 rings (SSSR count). The van der Waals surface area contributed by atoms with Crippen LogP contribution >= 0.6 is 0 Å². The van der Waals surface area contributed by atoms with Gasteiger partial charge in [0.1, 0.15) is 6.23 Å². The van der Waals surface area contributed by atoms with E-state index in [1.54, 1.807) is 19.0 Å². The molecule has 1 aromatic rings. The molecule has 1 aromatic carbocycles. The number of aliphatic hydroxyl groups excluding tert-OH is 2. The van der Waals surface area contributed by atoms with E-state index < -0.39 is 12.3 Å². The fourth-order valence-electron chi connectivity index (χ4n) is 1.22. The van der Waals surface area contributed by atoms with Crippen LogP contribution < -0.4 is 0 Å². The van der Waals surface area contributed by atoms with Gasteiger partial charge in [0, 0.05) is 6.42 Å². The van der Waals surface area contributed by atoms with E-state index in [1.165, 1.54) is 0 Å². The van der Waals surface area contributed by atoms with E-state index in [9.17, 15) is 10.2 Å². The lowest BCUT2D eigenvalue weighted by molar-refractivity contribution is -0.00484. The first kappa shape index (κ1) is 11.2. The molecule has 0 aromatic heterocycles. The Morgan fingerprint density at radius 3 is 2.21 bits per heavy atom. The highest BCUT2D eigenvalue weighted by Gasteiger charge is 2.14. The summed E-state index contributed by atoms with van der Waals surface area (Å²) in [5.41, 5.74) is 0.841. The lowest BCUT2D eigenvalue weighted by Crippen LogP contribution is -2.29. The second-order valence-electron chi connectivity index (χ2n) is 3.61. The van der Waals surface area contributed by atoms with Gasteiger partial charge in [0.2, 0.25) is 0 Å². The fraction of sp³-hybridized carbons (Fsp3) is 0.455. The Kier molecular flexibility index (Phi) is 4.07. The number of benzene rings is 1. The van der Waals surface area contributed by atoms with Crippen LogP contribution in [-0.2, 0) is 0 Å². The first-order valence-corrected chi connectivity index (χ1v) is 4.68. The van der Waals surface area contributed by atoms with Crippen LogP contribution in [0.3, 0.4) is 0 Å². The Morgan fingerprint density at radius 2 is 1.71 bits per heavy atom. The average Bonchev–Trinajstić information content (AvgIpc) is 2.19. The van der Waals surface area contributed by atoms with Gasteiger partial charge < -0.3 is 10.2 Å². The van der Waals surface area contributed by atoms with E-state index in [0.29, 0.717) is 6.42 Å². The smallest absolute Gasteiger partial charge is 0.109 e. The summed E-state index contributed by atoms with van der Waals surface area (Å²) in [6.45, 7) is 0. The van der Waals surface area contributed by atoms with Crippen molar-refractivity contribution < 1.29 is 10.2 Å². The van der Waals surface area contributed by atoms with Gasteiger partial charge in [-0.3, -0.25) is 4.90 Å². The molecule has 2 atom stereocenters. The Hall–Kier alpha value is -0.900. The molecule has 0 bridgehead atoms. The van der Waals surface area contributed by atoms with Crippen LogP contribution in [0.25, 0.3) is 0 Å². The predicted octanol–water partition coefficient (Wildman–Crippen LogP) is 0.990. The molecule has 0 spiro atoms. The van der Waals surface area contributed by atoms with E-state index in [-0.39, 0.29) is 0 Å². The summed E-state index contributed by atoms with van der Waals surface area (Å²) in [6, 6.07) is 9.36. The van der Waals surface area contributed by atoms with Gasteiger partial charge in [0.05, 0.1) is 6.10 Å². The zero-order chi connectivity index (χ0) is 10.6. The van der Waals surface area contributed by atoms with Crippen molar-refractivity contribution >= 4 is 0 Å². The topological polar surface area (TPSA) is 43.7 Å². The Bertz CT molecular complexity index is 261. The monoisotopic (exact) mass is 195 g/mol. The second kappa shape index (κ2) is 5.10. The molecule has 3 heteroatoms. The molecule has 14 heavy (non-hydrogen) atoms. The number of hydrogen-bond acceptors (Lipinski definition) is 3. The SMILES string of the molecule is CN(C)C(O)CC(O)c1ccccc1. The van der Waals surface area contributed by atoms with E-state index >= 15 is 0 Å². The van der Waals surface area contributed by atoms with Crippen LogP contribution in [0, 0.1) is 0 Å². The quantitative estimate of drug-likeness (QED) is 0.704. The largest absolute Gasteiger partial charge is 0.388 e. The molecular weight excluding hydrogens is 178 g/mol. The highest BCUT2D eigenvalue weighted by atomic mass is 16.3. The summed E-state index contributed by atoms with van der Waals surface area (Å²) in [4.78, 5) is 1.67. The minimum atomic E-state index is -0.606. The molecule has 78 valence electrons. The van der Waals surface area contributed by atoms with Crippen LogP contribution in [0.15, 0.2) is 30.3 Å². The lowest BCUT2D eigenvalue weighted by atomic mass is 10.1. The van der Waals surface area contributed by atoms with Crippen LogP contribution in [-0.4, -0.2) is 35.4 Å². The Morgan fingerprint density at radius 1 is 1.14 bits per heavy atom. The van der Waals surface area contributed by atoms with E-state index in [0.717, 1.165) is 5.56 Å². The van der Waals surface area contributed by atoms with Gasteiger partial charge in [-0.25, -0.2) is 0 Å². The van der Waals surface area contributed by atoms with Gasteiger partial charge in [-0.15, -0.1) is 0 Å². The third-order valence-corrected chi connectivity index (χ3v) is 2.21. The number of hydrogen-bond donors (Lipinski definition) is 2. The Labute approximate surface area is 84.6 Å². The number of aliphatic hydroxyl groups is 2. The summed E-state index contributed by atoms with van der Waals surface area (Å²) in [5.74, 6) is 0. The Balaban J connectivity index is 2.55. The molecule has 0 radical (unpaired) electrons. The first-order valence-electron chi connectivity index (χ1n) is 4.68. The normalized spacial score (nSPS) is 15.5. The molecule has 0 aliphatic heterocycles. The molecule has 0 aliphatic carbocycles. The van der Waals surface area contributed by atoms with Crippen LogP contribution in [0.5, 0.6) is 0 Å². The highest BCUT2D eigenvalue weighted by Crippen LogP contribution is 2.18. The maximum Gasteiger partial charge on any atom is 0.109 e. The average molecular weight is 195 g/mol. The van der Waals surface area contributed by atoms with Crippen molar-refractivity contribution in [1.29, 1.82) is 0 Å². The minimum Gasteiger partial charge on any atom is -0.388 e. The van der Waals surface area contributed by atoms with Gasteiger partial charge >= 0.3 is 0 Å². The van der Waals surface area contributed by atoms with Gasteiger partial charge in [-0.05, 0) is 19.7 Å².